The van der Waals surface area contributed by atoms with E-state index in [0.717, 1.165) is 12.8 Å². The summed E-state index contributed by atoms with van der Waals surface area (Å²) in [5.74, 6) is 0.568. The summed E-state index contributed by atoms with van der Waals surface area (Å²) in [6, 6.07) is 8.68. The van der Waals surface area contributed by atoms with Gasteiger partial charge in [-0.15, -0.1) is 0 Å². The second-order valence-corrected chi connectivity index (χ2v) is 5.39. The van der Waals surface area contributed by atoms with E-state index < -0.39 is 0 Å². The highest BCUT2D eigenvalue weighted by atomic mass is 16.1. The van der Waals surface area contributed by atoms with E-state index in [2.05, 4.69) is 44.4 Å². The number of rotatable bonds is 2. The van der Waals surface area contributed by atoms with Crippen molar-refractivity contribution in [1.29, 1.82) is 0 Å². The van der Waals surface area contributed by atoms with Crippen LogP contribution in [-0.2, 0) is 6.42 Å². The first-order valence-corrected chi connectivity index (χ1v) is 6.98. The SMILES string of the molecule is CN(c1nc2[nH]ncc2c(=O)[nH]1)[C@H]1CCc2ccccc21. The van der Waals surface area contributed by atoms with Crippen LogP contribution in [0.2, 0.25) is 0 Å². The van der Waals surface area contributed by atoms with Crippen LogP contribution in [0.4, 0.5) is 5.95 Å². The van der Waals surface area contributed by atoms with Gasteiger partial charge in [0, 0.05) is 7.05 Å². The average Bonchev–Trinajstić information content (AvgIpc) is 3.13. The van der Waals surface area contributed by atoms with Crippen LogP contribution in [0.25, 0.3) is 11.0 Å². The molecule has 0 bridgehead atoms. The maximum atomic E-state index is 12.0. The summed E-state index contributed by atoms with van der Waals surface area (Å²) in [4.78, 5) is 21.4. The van der Waals surface area contributed by atoms with Crippen LogP contribution < -0.4 is 10.5 Å². The molecular formula is C15H15N5O. The van der Waals surface area contributed by atoms with Crippen LogP contribution in [0.3, 0.4) is 0 Å². The van der Waals surface area contributed by atoms with Gasteiger partial charge in [0.25, 0.3) is 5.56 Å². The second-order valence-electron chi connectivity index (χ2n) is 5.39. The Morgan fingerprint density at radius 2 is 2.19 bits per heavy atom. The molecule has 0 unspecified atom stereocenters. The maximum absolute atomic E-state index is 12.0. The Kier molecular flexibility index (Phi) is 2.57. The molecule has 0 saturated heterocycles. The number of fused-ring (bicyclic) bond motifs is 2. The Bertz CT molecular complexity index is 866. The number of aromatic amines is 2. The number of benzene rings is 1. The predicted octanol–water partition coefficient (Wildman–Crippen LogP) is 1.77. The molecule has 0 amide bonds. The van der Waals surface area contributed by atoms with E-state index in [1.165, 1.54) is 17.3 Å². The lowest BCUT2D eigenvalue weighted by atomic mass is 10.1. The summed E-state index contributed by atoms with van der Waals surface area (Å²) in [6.45, 7) is 0. The smallest absolute Gasteiger partial charge is 0.263 e. The zero-order valence-electron chi connectivity index (χ0n) is 11.6. The lowest BCUT2D eigenvalue weighted by Gasteiger charge is -2.25. The van der Waals surface area contributed by atoms with Crippen molar-refractivity contribution in [2.24, 2.45) is 0 Å². The van der Waals surface area contributed by atoms with E-state index in [0.29, 0.717) is 17.0 Å². The first-order valence-electron chi connectivity index (χ1n) is 6.98. The van der Waals surface area contributed by atoms with Gasteiger partial charge in [-0.1, -0.05) is 24.3 Å². The zero-order valence-corrected chi connectivity index (χ0v) is 11.6. The lowest BCUT2D eigenvalue weighted by molar-refractivity contribution is 0.647. The molecule has 3 aromatic rings. The highest BCUT2D eigenvalue weighted by Crippen LogP contribution is 2.36. The fourth-order valence-corrected chi connectivity index (χ4v) is 3.09. The van der Waals surface area contributed by atoms with Crippen molar-refractivity contribution in [2.75, 3.05) is 11.9 Å². The largest absolute Gasteiger partial charge is 0.338 e. The van der Waals surface area contributed by atoms with Gasteiger partial charge < -0.3 is 4.90 Å². The van der Waals surface area contributed by atoms with Crippen molar-refractivity contribution < 1.29 is 0 Å². The van der Waals surface area contributed by atoms with Crippen molar-refractivity contribution in [2.45, 2.75) is 18.9 Å². The Morgan fingerprint density at radius 1 is 1.33 bits per heavy atom. The molecule has 0 fully saturated rings. The van der Waals surface area contributed by atoms with Crippen LogP contribution >= 0.6 is 0 Å². The summed E-state index contributed by atoms with van der Waals surface area (Å²) in [6.07, 6.45) is 3.58. The standard InChI is InChI=1S/C15H15N5O/c1-20(12-7-6-9-4-2-3-5-10(9)12)15-17-13-11(8-16-19-13)14(21)18-15/h2-5,8,12H,6-7H2,1H3,(H2,16,17,18,19,21)/t12-/m0/s1. The van der Waals surface area contributed by atoms with Gasteiger partial charge in [-0.3, -0.25) is 14.9 Å². The Labute approximate surface area is 120 Å². The van der Waals surface area contributed by atoms with Gasteiger partial charge in [-0.25, -0.2) is 0 Å². The van der Waals surface area contributed by atoms with Gasteiger partial charge in [0.15, 0.2) is 5.65 Å². The summed E-state index contributed by atoms with van der Waals surface area (Å²) >= 11 is 0. The van der Waals surface area contributed by atoms with Gasteiger partial charge in [0.1, 0.15) is 5.39 Å². The molecule has 6 nitrogen and oxygen atoms in total. The van der Waals surface area contributed by atoms with E-state index in [9.17, 15) is 4.79 Å². The number of H-pyrrole nitrogens is 2. The van der Waals surface area contributed by atoms with Crippen LogP contribution in [0.15, 0.2) is 35.3 Å². The van der Waals surface area contributed by atoms with Gasteiger partial charge in [0.2, 0.25) is 5.95 Å². The van der Waals surface area contributed by atoms with Crippen LogP contribution in [0.5, 0.6) is 0 Å². The average molecular weight is 281 g/mol. The summed E-state index contributed by atoms with van der Waals surface area (Å²) in [5.41, 5.74) is 3.04. The van der Waals surface area contributed by atoms with Crippen molar-refractivity contribution in [3.8, 4) is 0 Å². The van der Waals surface area contributed by atoms with E-state index >= 15 is 0 Å². The summed E-state index contributed by atoms with van der Waals surface area (Å²) < 4.78 is 0. The minimum absolute atomic E-state index is 0.165. The first kappa shape index (κ1) is 12.1. The number of aryl methyl sites for hydroxylation is 1. The number of nitrogens with one attached hydrogen (secondary N) is 2. The van der Waals surface area contributed by atoms with Crippen molar-refractivity contribution in [1.82, 2.24) is 20.2 Å². The molecule has 0 aliphatic heterocycles. The van der Waals surface area contributed by atoms with Crippen LogP contribution in [0, 0.1) is 0 Å². The Morgan fingerprint density at radius 3 is 3.10 bits per heavy atom. The fraction of sp³-hybridized carbons (Fsp3) is 0.267. The van der Waals surface area contributed by atoms with Crippen LogP contribution in [0.1, 0.15) is 23.6 Å². The number of hydrogen-bond acceptors (Lipinski definition) is 4. The van der Waals surface area contributed by atoms with Crippen molar-refractivity contribution >= 4 is 17.0 Å². The summed E-state index contributed by atoms with van der Waals surface area (Å²) in [7, 11) is 1.97. The fourth-order valence-electron chi connectivity index (χ4n) is 3.09. The maximum Gasteiger partial charge on any atom is 0.263 e. The Balaban J connectivity index is 1.77. The van der Waals surface area contributed by atoms with E-state index in [1.807, 2.05) is 11.9 Å². The first-order chi connectivity index (χ1) is 10.2. The molecule has 0 radical (unpaired) electrons. The number of aromatic nitrogens is 4. The number of hydrogen-bond donors (Lipinski definition) is 2. The molecule has 1 aromatic carbocycles. The molecule has 2 N–H and O–H groups in total. The molecule has 1 atom stereocenters. The van der Waals surface area contributed by atoms with E-state index in [-0.39, 0.29) is 11.6 Å². The molecule has 0 spiro atoms. The molecule has 106 valence electrons. The van der Waals surface area contributed by atoms with E-state index in [1.54, 1.807) is 0 Å². The van der Waals surface area contributed by atoms with Gasteiger partial charge >= 0.3 is 0 Å². The quantitative estimate of drug-likeness (QED) is 0.750. The molecule has 0 saturated carbocycles. The minimum atomic E-state index is -0.165. The molecule has 21 heavy (non-hydrogen) atoms. The zero-order chi connectivity index (χ0) is 14.4. The van der Waals surface area contributed by atoms with Crippen molar-refractivity contribution in [3.63, 3.8) is 0 Å². The highest BCUT2D eigenvalue weighted by Gasteiger charge is 2.27. The molecule has 6 heteroatoms. The van der Waals surface area contributed by atoms with Gasteiger partial charge in [-0.2, -0.15) is 10.1 Å². The molecular weight excluding hydrogens is 266 g/mol. The van der Waals surface area contributed by atoms with E-state index in [4.69, 9.17) is 0 Å². The molecule has 1 aliphatic carbocycles. The third-order valence-electron chi connectivity index (χ3n) is 4.21. The van der Waals surface area contributed by atoms with Gasteiger partial charge in [0.05, 0.1) is 12.2 Å². The normalized spacial score (nSPS) is 17.1. The number of anilines is 1. The predicted molar refractivity (Wildman–Crippen MR) is 80.4 cm³/mol. The monoisotopic (exact) mass is 281 g/mol. The lowest BCUT2D eigenvalue weighted by Crippen LogP contribution is -2.26. The third kappa shape index (κ3) is 1.83. The molecule has 2 aromatic heterocycles. The second kappa shape index (κ2) is 4.44. The third-order valence-corrected chi connectivity index (χ3v) is 4.21. The highest BCUT2D eigenvalue weighted by molar-refractivity contribution is 5.73. The number of nitrogens with zero attached hydrogens (tertiary/aromatic N) is 3. The molecule has 2 heterocycles. The minimum Gasteiger partial charge on any atom is -0.338 e. The topological polar surface area (TPSA) is 77.7 Å². The van der Waals surface area contributed by atoms with Crippen molar-refractivity contribution in [3.05, 3.63) is 51.9 Å². The summed E-state index contributed by atoms with van der Waals surface area (Å²) in [5, 5.41) is 7.11. The van der Waals surface area contributed by atoms with Crippen LogP contribution in [-0.4, -0.2) is 27.2 Å². The molecule has 4 rings (SSSR count). The molecule has 1 aliphatic rings. The Hall–Kier alpha value is -2.63. The van der Waals surface area contributed by atoms with Gasteiger partial charge in [-0.05, 0) is 24.0 Å².